The van der Waals surface area contributed by atoms with Gasteiger partial charge in [-0.05, 0) is 29.8 Å². The number of hydrogen-bond donors (Lipinski definition) is 0. The summed E-state index contributed by atoms with van der Waals surface area (Å²) in [6.07, 6.45) is 2.07. The second kappa shape index (κ2) is 4.99. The Hall–Kier alpha value is -2.54. The monoisotopic (exact) mass is 252 g/mol. The lowest BCUT2D eigenvalue weighted by Gasteiger charge is -2.19. The van der Waals surface area contributed by atoms with E-state index >= 15 is 0 Å². The molecule has 0 saturated heterocycles. The Morgan fingerprint density at radius 2 is 2.00 bits per heavy atom. The molecule has 19 heavy (non-hydrogen) atoms. The van der Waals surface area contributed by atoms with Gasteiger partial charge in [0.25, 0.3) is 0 Å². The quantitative estimate of drug-likeness (QED) is 0.824. The predicted molar refractivity (Wildman–Crippen MR) is 70.0 cm³/mol. The molecule has 0 amide bonds. The summed E-state index contributed by atoms with van der Waals surface area (Å²) in [5, 5.41) is 8.86. The van der Waals surface area contributed by atoms with Crippen molar-refractivity contribution in [2.24, 2.45) is 0 Å². The molecular formula is C15H12N2O2. The molecule has 1 aromatic heterocycles. The van der Waals surface area contributed by atoms with Crippen molar-refractivity contribution in [2.45, 2.75) is 6.42 Å². The van der Waals surface area contributed by atoms with Crippen molar-refractivity contribution in [3.05, 3.63) is 42.1 Å². The van der Waals surface area contributed by atoms with Gasteiger partial charge in [-0.25, -0.2) is 0 Å². The van der Waals surface area contributed by atoms with Crippen molar-refractivity contribution in [3.8, 4) is 28.8 Å². The van der Waals surface area contributed by atoms with Gasteiger partial charge in [0.05, 0.1) is 18.2 Å². The van der Waals surface area contributed by atoms with Gasteiger partial charge in [0.1, 0.15) is 13.2 Å². The van der Waals surface area contributed by atoms with Crippen molar-refractivity contribution in [2.75, 3.05) is 13.2 Å². The maximum atomic E-state index is 8.86. The average Bonchev–Trinajstić information content (AvgIpc) is 2.48. The number of benzene rings is 1. The highest BCUT2D eigenvalue weighted by molar-refractivity contribution is 5.67. The first-order chi connectivity index (χ1) is 9.38. The second-order valence-electron chi connectivity index (χ2n) is 4.20. The fourth-order valence-corrected chi connectivity index (χ4v) is 2.12. The van der Waals surface area contributed by atoms with Crippen molar-refractivity contribution in [1.29, 1.82) is 5.26 Å². The summed E-state index contributed by atoms with van der Waals surface area (Å²) in [6.45, 7) is 1.14. The van der Waals surface area contributed by atoms with E-state index in [0.717, 1.165) is 28.3 Å². The largest absolute Gasteiger partial charge is 0.486 e. The molecule has 0 N–H and O–H groups in total. The number of fused-ring (bicyclic) bond motifs is 1. The number of pyridine rings is 1. The van der Waals surface area contributed by atoms with Crippen LogP contribution in [-0.2, 0) is 6.42 Å². The zero-order valence-electron chi connectivity index (χ0n) is 10.3. The summed E-state index contributed by atoms with van der Waals surface area (Å²) in [4.78, 5) is 4.37. The van der Waals surface area contributed by atoms with Crippen LogP contribution in [0.4, 0.5) is 0 Å². The van der Waals surface area contributed by atoms with Crippen LogP contribution in [-0.4, -0.2) is 18.2 Å². The Kier molecular flexibility index (Phi) is 3.03. The normalized spacial score (nSPS) is 12.8. The highest BCUT2D eigenvalue weighted by Gasteiger charge is 2.14. The number of rotatable bonds is 2. The zero-order valence-corrected chi connectivity index (χ0v) is 10.3. The third-order valence-electron chi connectivity index (χ3n) is 2.98. The summed E-state index contributed by atoms with van der Waals surface area (Å²) < 4.78 is 11.1. The molecule has 0 fully saturated rings. The maximum Gasteiger partial charge on any atom is 0.162 e. The van der Waals surface area contributed by atoms with Crippen LogP contribution < -0.4 is 9.47 Å². The smallest absolute Gasteiger partial charge is 0.162 e. The average molecular weight is 252 g/mol. The molecule has 1 aliphatic rings. The lowest BCUT2D eigenvalue weighted by Crippen LogP contribution is -2.15. The van der Waals surface area contributed by atoms with Crippen molar-refractivity contribution >= 4 is 0 Å². The number of aromatic nitrogens is 1. The minimum absolute atomic E-state index is 0.345. The van der Waals surface area contributed by atoms with E-state index in [2.05, 4.69) is 11.1 Å². The molecule has 1 aromatic carbocycles. The van der Waals surface area contributed by atoms with E-state index in [1.807, 2.05) is 30.3 Å². The summed E-state index contributed by atoms with van der Waals surface area (Å²) in [5.41, 5.74) is 2.68. The van der Waals surface area contributed by atoms with Crippen molar-refractivity contribution < 1.29 is 9.47 Å². The first kappa shape index (κ1) is 11.5. The highest BCUT2D eigenvalue weighted by Crippen LogP contribution is 2.34. The summed E-state index contributed by atoms with van der Waals surface area (Å²) >= 11 is 0. The van der Waals surface area contributed by atoms with Gasteiger partial charge in [-0.15, -0.1) is 0 Å². The van der Waals surface area contributed by atoms with Gasteiger partial charge in [0, 0.05) is 11.8 Å². The summed E-state index contributed by atoms with van der Waals surface area (Å²) in [6, 6.07) is 11.7. The number of nitrogens with zero attached hydrogens (tertiary/aromatic N) is 2. The molecule has 1 aliphatic heterocycles. The van der Waals surface area contributed by atoms with Crippen molar-refractivity contribution in [1.82, 2.24) is 4.98 Å². The fourth-order valence-electron chi connectivity index (χ4n) is 2.12. The van der Waals surface area contributed by atoms with Crippen LogP contribution in [0.1, 0.15) is 5.56 Å². The topological polar surface area (TPSA) is 55.1 Å². The third-order valence-corrected chi connectivity index (χ3v) is 2.98. The molecule has 4 nitrogen and oxygen atoms in total. The Morgan fingerprint density at radius 1 is 1.16 bits per heavy atom. The molecule has 94 valence electrons. The zero-order chi connectivity index (χ0) is 13.1. The van der Waals surface area contributed by atoms with Gasteiger partial charge >= 0.3 is 0 Å². The molecule has 0 atom stereocenters. The van der Waals surface area contributed by atoms with Gasteiger partial charge in [-0.1, -0.05) is 6.07 Å². The van der Waals surface area contributed by atoms with E-state index in [0.29, 0.717) is 19.6 Å². The van der Waals surface area contributed by atoms with Gasteiger partial charge in [0.2, 0.25) is 0 Å². The van der Waals surface area contributed by atoms with E-state index in [9.17, 15) is 0 Å². The Balaban J connectivity index is 2.05. The van der Waals surface area contributed by atoms with Gasteiger partial charge in [-0.2, -0.15) is 5.26 Å². The maximum absolute atomic E-state index is 8.86. The summed E-state index contributed by atoms with van der Waals surface area (Å²) in [7, 11) is 0. The molecule has 3 rings (SSSR count). The van der Waals surface area contributed by atoms with E-state index in [1.54, 1.807) is 6.20 Å². The van der Waals surface area contributed by atoms with Gasteiger partial charge in [0.15, 0.2) is 11.5 Å². The first-order valence-electron chi connectivity index (χ1n) is 6.09. The van der Waals surface area contributed by atoms with Crippen LogP contribution in [0, 0.1) is 11.3 Å². The Morgan fingerprint density at radius 3 is 2.84 bits per heavy atom. The molecule has 0 spiro atoms. The molecule has 0 radical (unpaired) electrons. The van der Waals surface area contributed by atoms with Crippen LogP contribution in [0.25, 0.3) is 11.3 Å². The van der Waals surface area contributed by atoms with Crippen LogP contribution in [0.5, 0.6) is 11.5 Å². The summed E-state index contributed by atoms with van der Waals surface area (Å²) in [5.74, 6) is 1.49. The van der Waals surface area contributed by atoms with Gasteiger partial charge in [-0.3, -0.25) is 4.98 Å². The van der Waals surface area contributed by atoms with Crippen LogP contribution >= 0.6 is 0 Å². The van der Waals surface area contributed by atoms with Crippen LogP contribution in [0.15, 0.2) is 36.5 Å². The number of nitriles is 1. The van der Waals surface area contributed by atoms with E-state index in [1.165, 1.54) is 0 Å². The molecule has 0 saturated carbocycles. The van der Waals surface area contributed by atoms with E-state index < -0.39 is 0 Å². The Labute approximate surface area is 111 Å². The lowest BCUT2D eigenvalue weighted by atomic mass is 10.0. The molecular weight excluding hydrogens is 240 g/mol. The fraction of sp³-hybridized carbons (Fsp3) is 0.200. The second-order valence-corrected chi connectivity index (χ2v) is 4.20. The predicted octanol–water partition coefficient (Wildman–Crippen LogP) is 2.59. The molecule has 0 bridgehead atoms. The molecule has 0 aliphatic carbocycles. The minimum atomic E-state index is 0.345. The Bertz CT molecular complexity index is 647. The minimum Gasteiger partial charge on any atom is -0.486 e. The number of ether oxygens (including phenoxy) is 2. The third kappa shape index (κ3) is 2.23. The van der Waals surface area contributed by atoms with Crippen molar-refractivity contribution in [3.63, 3.8) is 0 Å². The molecule has 2 heterocycles. The molecule has 0 unspecified atom stereocenters. The number of hydrogen-bond acceptors (Lipinski definition) is 4. The SMILES string of the molecule is N#CCc1cccnc1-c1ccc2c(c1)OCCO2. The highest BCUT2D eigenvalue weighted by atomic mass is 16.6. The van der Waals surface area contributed by atoms with E-state index in [4.69, 9.17) is 14.7 Å². The molecule has 4 heteroatoms. The van der Waals surface area contributed by atoms with Gasteiger partial charge < -0.3 is 9.47 Å². The lowest BCUT2D eigenvalue weighted by molar-refractivity contribution is 0.171. The van der Waals surface area contributed by atoms with Crippen LogP contribution in [0.3, 0.4) is 0 Å². The molecule has 2 aromatic rings. The van der Waals surface area contributed by atoms with Crippen LogP contribution in [0.2, 0.25) is 0 Å². The standard InChI is InChI=1S/C15H12N2O2/c16-6-5-11-2-1-7-17-15(11)12-3-4-13-14(10-12)19-9-8-18-13/h1-4,7,10H,5,8-9H2. The van der Waals surface area contributed by atoms with E-state index in [-0.39, 0.29) is 0 Å². The first-order valence-corrected chi connectivity index (χ1v) is 6.09.